The SMILES string of the molecule is CO[C@@H]1O[C@@H](COC(=S)[S-])[C@@H](O[C@@H]2OC(COC(=S)[S-])[C@@H](C)[C@H](OC(=S)[S-])C2OC(=S)[S-])C(OC(=S)[S-])C1OC(=S)[S-]. The van der Waals surface area contributed by atoms with Crippen LogP contribution in [0.5, 0.6) is 0 Å². The van der Waals surface area contributed by atoms with Crippen LogP contribution in [-0.4, -0.2) is 102 Å². The molecule has 0 aromatic carbocycles. The van der Waals surface area contributed by atoms with E-state index in [9.17, 15) is 0 Å². The summed E-state index contributed by atoms with van der Waals surface area (Å²) in [7, 11) is 1.36. The molecule has 0 radical (unpaired) electrons. The topological polar surface area (TPSA) is 92.3 Å². The van der Waals surface area contributed by atoms with E-state index in [1.807, 2.05) is 0 Å². The van der Waals surface area contributed by atoms with E-state index >= 15 is 0 Å². The van der Waals surface area contributed by atoms with Crippen LogP contribution in [0, 0.1) is 5.92 Å². The van der Waals surface area contributed by atoms with Gasteiger partial charge in [0.1, 0.15) is 37.6 Å². The Kier molecular flexibility index (Phi) is 17.1. The van der Waals surface area contributed by atoms with Gasteiger partial charge in [-0.3, -0.25) is 0 Å². The van der Waals surface area contributed by atoms with Crippen LogP contribution in [0.3, 0.4) is 0 Å². The maximum absolute atomic E-state index is 6.46. The van der Waals surface area contributed by atoms with Crippen LogP contribution < -0.4 is 0 Å². The first-order valence-electron chi connectivity index (χ1n) is 11.3. The second-order valence-corrected chi connectivity index (χ2v) is 14.2. The number of methoxy groups -OCH3 is 1. The highest BCUT2D eigenvalue weighted by atomic mass is 32.2. The van der Waals surface area contributed by atoms with E-state index in [0.29, 0.717) is 0 Å². The molecular weight excluding hydrogens is 785 g/mol. The van der Waals surface area contributed by atoms with Gasteiger partial charge in [0.05, 0.1) is 0 Å². The lowest BCUT2D eigenvalue weighted by atomic mass is 9.90. The summed E-state index contributed by atoms with van der Waals surface area (Å²) in [5.41, 5.74) is 0. The molecule has 0 aromatic heterocycles. The Hall–Kier alpha value is 0.500. The predicted octanol–water partition coefficient (Wildman–Crippen LogP) is 1.67. The number of hydrogen-bond acceptors (Lipinski definition) is 22. The van der Waals surface area contributed by atoms with Gasteiger partial charge in [-0.25, -0.2) is 0 Å². The second-order valence-electron chi connectivity index (χ2n) is 8.23. The van der Waals surface area contributed by atoms with Gasteiger partial charge in [-0.05, 0) is 0 Å². The predicted molar refractivity (Wildman–Crippen MR) is 190 cm³/mol. The molecule has 2 rings (SSSR count). The molecule has 22 heteroatoms. The van der Waals surface area contributed by atoms with Crippen molar-refractivity contribution in [2.45, 2.75) is 62.2 Å². The van der Waals surface area contributed by atoms with Crippen LogP contribution in [0.25, 0.3) is 0 Å². The van der Waals surface area contributed by atoms with Crippen LogP contribution >= 0.6 is 73.3 Å². The Morgan fingerprint density at radius 1 is 0.548 bits per heavy atom. The fraction of sp³-hybridized carbons (Fsp3) is 0.700. The molecule has 10 atom stereocenters. The molecule has 2 fully saturated rings. The maximum Gasteiger partial charge on any atom is 0.199 e. The van der Waals surface area contributed by atoms with Gasteiger partial charge < -0.3 is 196 Å². The summed E-state index contributed by atoms with van der Waals surface area (Å²) in [6, 6.07) is 0. The van der Waals surface area contributed by atoms with Gasteiger partial charge >= 0.3 is 0 Å². The van der Waals surface area contributed by atoms with Gasteiger partial charge in [0.25, 0.3) is 0 Å². The average Bonchev–Trinajstić information content (AvgIpc) is 2.86. The van der Waals surface area contributed by atoms with Crippen LogP contribution in [0.15, 0.2) is 0 Å². The van der Waals surface area contributed by atoms with E-state index in [4.69, 9.17) is 196 Å². The molecule has 0 N–H and O–H groups in total. The van der Waals surface area contributed by atoms with Crippen LogP contribution in [0.2, 0.25) is 0 Å². The summed E-state index contributed by atoms with van der Waals surface area (Å²) >= 11 is 59.8. The van der Waals surface area contributed by atoms with Gasteiger partial charge in [-0.2, -0.15) is 0 Å². The van der Waals surface area contributed by atoms with E-state index in [1.54, 1.807) is 6.92 Å². The van der Waals surface area contributed by atoms with Crippen molar-refractivity contribution in [3.05, 3.63) is 0 Å². The largest absolute Gasteiger partial charge is 0.511 e. The number of ether oxygens (including phenoxy) is 10. The average molecular weight is 805 g/mol. The Morgan fingerprint density at radius 2 is 0.952 bits per heavy atom. The van der Waals surface area contributed by atoms with Crippen molar-refractivity contribution in [2.75, 3.05) is 20.3 Å². The van der Waals surface area contributed by atoms with Crippen LogP contribution in [-0.2, 0) is 123 Å². The quantitative estimate of drug-likeness (QED) is 0.224. The molecule has 2 heterocycles. The fourth-order valence-electron chi connectivity index (χ4n) is 4.16. The molecule has 42 heavy (non-hydrogen) atoms. The van der Waals surface area contributed by atoms with Crippen LogP contribution in [0.4, 0.5) is 0 Å². The van der Waals surface area contributed by atoms with Crippen molar-refractivity contribution in [1.29, 1.82) is 0 Å². The molecule has 238 valence electrons. The highest BCUT2D eigenvalue weighted by Crippen LogP contribution is 2.36. The molecule has 2 saturated heterocycles. The summed E-state index contributed by atoms with van der Waals surface area (Å²) in [5, 5.41) is 0. The Balaban J connectivity index is 2.60. The summed E-state index contributed by atoms with van der Waals surface area (Å²) < 4.78 is 56.7. The van der Waals surface area contributed by atoms with Gasteiger partial charge in [-0.1, -0.05) is 6.92 Å². The Labute approximate surface area is 308 Å². The van der Waals surface area contributed by atoms with Crippen molar-refractivity contribution < 1.29 is 47.4 Å². The molecular formula is C20H20O10S12-6. The molecule has 2 aliphatic rings. The van der Waals surface area contributed by atoms with Gasteiger partial charge in [0, 0.05) is 39.3 Å². The third-order valence-electron chi connectivity index (χ3n) is 5.78. The van der Waals surface area contributed by atoms with E-state index in [2.05, 4.69) is 0 Å². The summed E-state index contributed by atoms with van der Waals surface area (Å²) in [6.07, 6.45) is -9.62. The van der Waals surface area contributed by atoms with E-state index < -0.39 is 61.2 Å². The highest BCUT2D eigenvalue weighted by Gasteiger charge is 2.54. The molecule has 2 aliphatic heterocycles. The van der Waals surface area contributed by atoms with Crippen molar-refractivity contribution >= 4 is 175 Å². The molecule has 0 bridgehead atoms. The fourth-order valence-corrected chi connectivity index (χ4v) is 5.32. The van der Waals surface area contributed by atoms with E-state index in [1.165, 1.54) is 7.11 Å². The smallest absolute Gasteiger partial charge is 0.199 e. The first-order chi connectivity index (χ1) is 19.6. The van der Waals surface area contributed by atoms with Crippen molar-refractivity contribution in [2.24, 2.45) is 5.92 Å². The van der Waals surface area contributed by atoms with Crippen LogP contribution in [0.1, 0.15) is 6.92 Å². The third kappa shape index (κ3) is 12.0. The third-order valence-corrected chi connectivity index (χ3v) is 7.02. The van der Waals surface area contributed by atoms with Crippen molar-refractivity contribution in [1.82, 2.24) is 0 Å². The molecule has 10 nitrogen and oxygen atoms in total. The molecule has 4 unspecified atom stereocenters. The molecule has 0 amide bonds. The van der Waals surface area contributed by atoms with E-state index in [-0.39, 0.29) is 39.5 Å². The Bertz CT molecular complexity index is 1020. The molecule has 0 aromatic rings. The highest BCUT2D eigenvalue weighted by molar-refractivity contribution is 8.01. The number of hydrogen-bond donors (Lipinski definition) is 0. The minimum atomic E-state index is -1.32. The molecule has 0 saturated carbocycles. The number of rotatable bonds is 11. The zero-order chi connectivity index (χ0) is 31.7. The zero-order valence-corrected chi connectivity index (χ0v) is 31.0. The minimum absolute atomic E-state index is 0.0751. The summed E-state index contributed by atoms with van der Waals surface area (Å²) in [5.74, 6) is -0.470. The Morgan fingerprint density at radius 3 is 1.40 bits per heavy atom. The zero-order valence-electron chi connectivity index (χ0n) is 21.2. The lowest BCUT2D eigenvalue weighted by molar-refractivity contribution is -0.345. The van der Waals surface area contributed by atoms with Gasteiger partial charge in [0.2, 0.25) is 0 Å². The first kappa shape index (κ1) is 38.7. The first-order valence-corrected chi connectivity index (χ1v) is 16.2. The molecule has 0 aliphatic carbocycles. The summed E-state index contributed by atoms with van der Waals surface area (Å²) in [6.45, 7) is 1.49. The standard InChI is InChI=1S/C20H26O10S12/c1-5-6(3-22-15(31)32)24-14(11(29-19(39)40)8(5)27-17(35)36)26-9-7(4-23-16(33)34)25-13(21-2)12(30-20(41)42)10(9)28-18(37)38/h5-14H,3-4H2,1-2H3,(H,31,32)(H,33,34)(H,35,36)(H,37,38)(H,39,40)(H,41,42)/p-6/t5-,6?,7+,8+,9-,10?,11?,12?,13-,14+/m1/s1. The lowest BCUT2D eigenvalue weighted by Crippen LogP contribution is -2.65. The van der Waals surface area contributed by atoms with Crippen molar-refractivity contribution in [3.8, 4) is 0 Å². The van der Waals surface area contributed by atoms with E-state index in [0.717, 1.165) is 0 Å². The monoisotopic (exact) mass is 804 g/mol. The van der Waals surface area contributed by atoms with Crippen molar-refractivity contribution in [3.63, 3.8) is 0 Å². The second kappa shape index (κ2) is 18.6. The maximum atomic E-state index is 6.46. The van der Waals surface area contributed by atoms with Gasteiger partial charge in [-0.15, -0.1) is 0 Å². The normalized spacial score (nSPS) is 32.4. The number of thiocarbonyl (C=S) groups is 6. The van der Waals surface area contributed by atoms with Gasteiger partial charge in [0.15, 0.2) is 30.9 Å². The summed E-state index contributed by atoms with van der Waals surface area (Å²) in [4.78, 5) is 0. The lowest BCUT2D eigenvalue weighted by Gasteiger charge is -2.50. The minimum Gasteiger partial charge on any atom is -0.511 e. The molecule has 0 spiro atoms.